The van der Waals surface area contributed by atoms with Crippen LogP contribution in [-0.2, 0) is 6.54 Å². The van der Waals surface area contributed by atoms with Crippen molar-refractivity contribution in [2.45, 2.75) is 19.5 Å². The van der Waals surface area contributed by atoms with Crippen LogP contribution < -0.4 is 5.73 Å². The molecule has 1 rings (SSSR count). The van der Waals surface area contributed by atoms with Crippen molar-refractivity contribution in [3.05, 3.63) is 20.8 Å². The molecule has 1 aromatic heterocycles. The predicted molar refractivity (Wildman–Crippen MR) is 69.7 cm³/mol. The average Bonchev–Trinajstić information content (AvgIpc) is 2.49. The van der Waals surface area contributed by atoms with Gasteiger partial charge in [-0.3, -0.25) is 4.90 Å². The molecule has 5 heteroatoms. The lowest BCUT2D eigenvalue weighted by molar-refractivity contribution is 0.307. The van der Waals surface area contributed by atoms with E-state index in [1.807, 2.05) is 14.0 Å². The maximum absolute atomic E-state index is 5.58. The summed E-state index contributed by atoms with van der Waals surface area (Å²) in [6, 6.07) is 2.26. The molecule has 0 saturated heterocycles. The van der Waals surface area contributed by atoms with Gasteiger partial charge in [-0.15, -0.1) is 11.3 Å². The molecule has 0 spiro atoms. The Hall–Kier alpha value is 0.0300. The number of hydrogen-bond acceptors (Lipinski definition) is 3. The first kappa shape index (κ1) is 12.1. The summed E-state index contributed by atoms with van der Waals surface area (Å²) in [6.07, 6.45) is 0. The lowest BCUT2D eigenvalue weighted by Gasteiger charge is -2.22. The Bertz CT molecular complexity index is 324. The molecule has 14 heavy (non-hydrogen) atoms. The number of rotatable bonds is 4. The van der Waals surface area contributed by atoms with Crippen molar-refractivity contribution in [1.29, 1.82) is 0 Å². The fraction of sp³-hybridized carbons (Fsp3) is 0.444. The highest BCUT2D eigenvalue weighted by Crippen LogP contribution is 2.21. The Labute approximate surface area is 102 Å². The fourth-order valence-corrected chi connectivity index (χ4v) is 2.73. The molecule has 0 fully saturated rings. The van der Waals surface area contributed by atoms with E-state index in [4.69, 9.17) is 18.0 Å². The Balaban J connectivity index is 2.56. The first-order valence-corrected chi connectivity index (χ1v) is 6.31. The summed E-state index contributed by atoms with van der Waals surface area (Å²) in [5, 5.41) is 2.08. The second-order valence-electron chi connectivity index (χ2n) is 3.22. The van der Waals surface area contributed by atoms with Gasteiger partial charge in [0.2, 0.25) is 0 Å². The molecule has 1 aromatic rings. The third-order valence-corrected chi connectivity index (χ3v) is 4.12. The largest absolute Gasteiger partial charge is 0.392 e. The monoisotopic (exact) mass is 292 g/mol. The molecule has 0 amide bonds. The molecule has 0 aliphatic rings. The Morgan fingerprint density at radius 3 is 2.86 bits per heavy atom. The highest BCUT2D eigenvalue weighted by molar-refractivity contribution is 9.10. The summed E-state index contributed by atoms with van der Waals surface area (Å²) in [6.45, 7) is 2.90. The van der Waals surface area contributed by atoms with Gasteiger partial charge in [-0.2, -0.15) is 0 Å². The molecule has 1 unspecified atom stereocenters. The van der Waals surface area contributed by atoms with Crippen molar-refractivity contribution >= 4 is 44.5 Å². The van der Waals surface area contributed by atoms with Crippen LogP contribution in [0.4, 0.5) is 0 Å². The van der Waals surface area contributed by atoms with Gasteiger partial charge in [0.15, 0.2) is 0 Å². The fourth-order valence-electron chi connectivity index (χ4n) is 1.04. The van der Waals surface area contributed by atoms with E-state index in [1.54, 1.807) is 11.3 Å². The molecule has 0 bridgehead atoms. The van der Waals surface area contributed by atoms with Crippen LogP contribution in [0.15, 0.2) is 15.9 Å². The smallest absolute Gasteiger partial charge is 0.0899 e. The summed E-state index contributed by atoms with van der Waals surface area (Å²) < 4.78 is 1.13. The average molecular weight is 293 g/mol. The molecule has 0 aromatic carbocycles. The number of likely N-dealkylation sites (N-methyl/N-ethyl adjacent to an activating group) is 1. The summed E-state index contributed by atoms with van der Waals surface area (Å²) in [4.78, 5) is 3.99. The molecular formula is C9H13BrN2S2. The van der Waals surface area contributed by atoms with Crippen LogP contribution in [0, 0.1) is 0 Å². The Morgan fingerprint density at radius 2 is 2.43 bits per heavy atom. The van der Waals surface area contributed by atoms with E-state index in [1.165, 1.54) is 4.88 Å². The highest BCUT2D eigenvalue weighted by Gasteiger charge is 2.12. The van der Waals surface area contributed by atoms with Gasteiger partial charge in [-0.1, -0.05) is 12.2 Å². The van der Waals surface area contributed by atoms with E-state index in [2.05, 4.69) is 32.3 Å². The number of nitrogens with two attached hydrogens (primary N) is 1. The van der Waals surface area contributed by atoms with E-state index < -0.39 is 0 Å². The van der Waals surface area contributed by atoms with E-state index in [0.29, 0.717) is 4.99 Å². The molecule has 0 radical (unpaired) electrons. The standard InChI is InChI=1S/C9H13BrN2S2/c1-6(9(11)13)12(2)4-8-3-7(10)5-14-8/h3,5-6H,4H2,1-2H3,(H2,11,13). The summed E-state index contributed by atoms with van der Waals surface area (Å²) in [5.41, 5.74) is 5.58. The molecule has 78 valence electrons. The molecule has 0 saturated carbocycles. The maximum atomic E-state index is 5.58. The minimum atomic E-state index is 0.144. The van der Waals surface area contributed by atoms with Gasteiger partial charge in [0.05, 0.1) is 11.0 Å². The topological polar surface area (TPSA) is 29.3 Å². The second kappa shape index (κ2) is 5.21. The molecule has 1 heterocycles. The molecule has 2 nitrogen and oxygen atoms in total. The van der Waals surface area contributed by atoms with Gasteiger partial charge in [0.1, 0.15) is 0 Å². The van der Waals surface area contributed by atoms with Gasteiger partial charge in [-0.05, 0) is 36.0 Å². The first-order valence-electron chi connectivity index (χ1n) is 4.23. The number of hydrogen-bond donors (Lipinski definition) is 1. The number of nitrogens with zero attached hydrogens (tertiary/aromatic N) is 1. The van der Waals surface area contributed by atoms with E-state index >= 15 is 0 Å². The first-order chi connectivity index (χ1) is 6.50. The Kier molecular flexibility index (Phi) is 4.50. The minimum absolute atomic E-state index is 0.144. The van der Waals surface area contributed by atoms with Gasteiger partial charge >= 0.3 is 0 Å². The summed E-state index contributed by atoms with van der Waals surface area (Å²) >= 11 is 10.1. The molecule has 0 aliphatic heterocycles. The normalized spacial score (nSPS) is 13.1. The zero-order valence-corrected chi connectivity index (χ0v) is 11.4. The quantitative estimate of drug-likeness (QED) is 0.865. The van der Waals surface area contributed by atoms with Crippen LogP contribution in [0.2, 0.25) is 0 Å². The zero-order valence-electron chi connectivity index (χ0n) is 8.16. The van der Waals surface area contributed by atoms with Gasteiger partial charge in [0.25, 0.3) is 0 Å². The van der Waals surface area contributed by atoms with Crippen molar-refractivity contribution in [1.82, 2.24) is 4.90 Å². The maximum Gasteiger partial charge on any atom is 0.0899 e. The molecular weight excluding hydrogens is 280 g/mol. The van der Waals surface area contributed by atoms with Crippen LogP contribution >= 0.6 is 39.5 Å². The van der Waals surface area contributed by atoms with Crippen molar-refractivity contribution in [2.75, 3.05) is 7.05 Å². The minimum Gasteiger partial charge on any atom is -0.392 e. The molecule has 0 aliphatic carbocycles. The number of thiophene rings is 1. The van der Waals surface area contributed by atoms with E-state index in [0.717, 1.165) is 11.0 Å². The van der Waals surface area contributed by atoms with Crippen molar-refractivity contribution in [2.24, 2.45) is 5.73 Å². The lowest BCUT2D eigenvalue weighted by atomic mass is 10.3. The van der Waals surface area contributed by atoms with Gasteiger partial charge in [-0.25, -0.2) is 0 Å². The van der Waals surface area contributed by atoms with Crippen LogP contribution in [0.3, 0.4) is 0 Å². The number of halogens is 1. The van der Waals surface area contributed by atoms with Crippen LogP contribution in [-0.4, -0.2) is 23.0 Å². The van der Waals surface area contributed by atoms with Crippen LogP contribution in [0.25, 0.3) is 0 Å². The Morgan fingerprint density at radius 1 is 1.79 bits per heavy atom. The highest BCUT2D eigenvalue weighted by atomic mass is 79.9. The second-order valence-corrected chi connectivity index (χ2v) is 5.61. The van der Waals surface area contributed by atoms with E-state index in [9.17, 15) is 0 Å². The summed E-state index contributed by atoms with van der Waals surface area (Å²) in [7, 11) is 2.03. The third-order valence-electron chi connectivity index (χ3n) is 2.10. The van der Waals surface area contributed by atoms with Crippen molar-refractivity contribution < 1.29 is 0 Å². The molecule has 2 N–H and O–H groups in total. The summed E-state index contributed by atoms with van der Waals surface area (Å²) in [5.74, 6) is 0. The molecule has 1 atom stereocenters. The van der Waals surface area contributed by atoms with Crippen LogP contribution in [0.5, 0.6) is 0 Å². The van der Waals surface area contributed by atoms with Gasteiger partial charge in [0, 0.05) is 21.3 Å². The predicted octanol–water partition coefficient (Wildman–Crippen LogP) is 2.62. The SMILES string of the molecule is CC(C(N)=S)N(C)Cc1cc(Br)cs1. The van der Waals surface area contributed by atoms with E-state index in [-0.39, 0.29) is 6.04 Å². The lowest BCUT2D eigenvalue weighted by Crippen LogP contribution is -2.38. The number of thiocarbonyl (C=S) groups is 1. The van der Waals surface area contributed by atoms with Gasteiger partial charge < -0.3 is 5.73 Å². The zero-order chi connectivity index (χ0) is 10.7. The van der Waals surface area contributed by atoms with Crippen molar-refractivity contribution in [3.63, 3.8) is 0 Å². The van der Waals surface area contributed by atoms with Crippen LogP contribution in [0.1, 0.15) is 11.8 Å². The van der Waals surface area contributed by atoms with Crippen molar-refractivity contribution in [3.8, 4) is 0 Å². The third kappa shape index (κ3) is 3.31.